The molecule has 20 heavy (non-hydrogen) atoms. The second kappa shape index (κ2) is 4.35. The molecule has 2 amide bonds. The van der Waals surface area contributed by atoms with Crippen LogP contribution in [0.4, 0.5) is 4.79 Å². The number of nitrogens with one attached hydrogen (secondary N) is 2. The number of carbonyl (C=O) groups is 2. The largest absolute Gasteiger partial charge is 0.481 e. The summed E-state index contributed by atoms with van der Waals surface area (Å²) in [4.78, 5) is 23.0. The maximum Gasteiger partial charge on any atom is 0.315 e. The molecule has 4 aliphatic rings. The van der Waals surface area contributed by atoms with Gasteiger partial charge in [-0.3, -0.25) is 4.79 Å². The maximum atomic E-state index is 12.0. The number of carboxylic acid groups (broad SMARTS) is 1. The molecule has 110 valence electrons. The number of amides is 2. The van der Waals surface area contributed by atoms with Gasteiger partial charge in [-0.25, -0.2) is 4.79 Å². The van der Waals surface area contributed by atoms with Gasteiger partial charge in [0.25, 0.3) is 0 Å². The molecule has 3 N–H and O–H groups in total. The predicted octanol–water partition coefficient (Wildman–Crippen LogP) is 0.430. The third-order valence-corrected chi connectivity index (χ3v) is 5.75. The molecule has 1 saturated heterocycles. The Morgan fingerprint density at radius 1 is 1.05 bits per heavy atom. The summed E-state index contributed by atoms with van der Waals surface area (Å²) in [5.74, 6) is 1.47. The van der Waals surface area contributed by atoms with E-state index in [-0.39, 0.29) is 19.2 Å². The van der Waals surface area contributed by atoms with Crippen LogP contribution in [0.1, 0.15) is 19.3 Å². The smallest absolute Gasteiger partial charge is 0.315 e. The molecule has 4 fully saturated rings. The first-order chi connectivity index (χ1) is 9.65. The van der Waals surface area contributed by atoms with Crippen molar-refractivity contribution in [1.82, 2.24) is 10.6 Å². The summed E-state index contributed by atoms with van der Waals surface area (Å²) in [6, 6.07) is -0.319. The van der Waals surface area contributed by atoms with Crippen molar-refractivity contribution in [2.75, 3.05) is 13.2 Å². The van der Waals surface area contributed by atoms with Crippen LogP contribution >= 0.6 is 0 Å². The number of ether oxygens (including phenoxy) is 1. The van der Waals surface area contributed by atoms with Crippen molar-refractivity contribution in [2.45, 2.75) is 31.3 Å². The Hall–Kier alpha value is -1.30. The molecule has 4 rings (SSSR count). The highest BCUT2D eigenvalue weighted by Crippen LogP contribution is 2.65. The van der Waals surface area contributed by atoms with E-state index in [4.69, 9.17) is 9.84 Å². The second-order valence-corrected chi connectivity index (χ2v) is 6.72. The first-order valence-electron chi connectivity index (χ1n) is 7.52. The number of carbonyl (C=O) groups excluding carboxylic acids is 1. The Kier molecular flexibility index (Phi) is 2.70. The lowest BCUT2D eigenvalue weighted by molar-refractivity contribution is -0.142. The fourth-order valence-electron chi connectivity index (χ4n) is 4.82. The Morgan fingerprint density at radius 2 is 1.75 bits per heavy atom. The standard InChI is InChI=1S/C14H20N2O4/c17-13(18)8-4-20-5-9(8)15-14(19)16-12-10-6-1-2-7(3-6)11(10)12/h6-12H,1-5H2,(H,17,18)(H2,15,16,19). The van der Waals surface area contributed by atoms with Crippen LogP contribution in [0.15, 0.2) is 0 Å². The quantitative estimate of drug-likeness (QED) is 0.699. The minimum Gasteiger partial charge on any atom is -0.481 e. The van der Waals surface area contributed by atoms with E-state index in [9.17, 15) is 9.59 Å². The Balaban J connectivity index is 1.30. The van der Waals surface area contributed by atoms with E-state index in [1.54, 1.807) is 0 Å². The van der Waals surface area contributed by atoms with Crippen LogP contribution in [0.5, 0.6) is 0 Å². The van der Waals surface area contributed by atoms with Gasteiger partial charge >= 0.3 is 12.0 Å². The van der Waals surface area contributed by atoms with Gasteiger partial charge in [0.05, 0.1) is 19.3 Å². The van der Waals surface area contributed by atoms with E-state index in [2.05, 4.69) is 10.6 Å². The predicted molar refractivity (Wildman–Crippen MR) is 69.0 cm³/mol. The average molecular weight is 280 g/mol. The van der Waals surface area contributed by atoms with Crippen LogP contribution in [0.25, 0.3) is 0 Å². The van der Waals surface area contributed by atoms with E-state index < -0.39 is 17.9 Å². The van der Waals surface area contributed by atoms with Crippen LogP contribution in [-0.4, -0.2) is 42.4 Å². The van der Waals surface area contributed by atoms with Gasteiger partial charge in [0.15, 0.2) is 0 Å². The molecular weight excluding hydrogens is 260 g/mol. The molecule has 6 nitrogen and oxygen atoms in total. The lowest BCUT2D eigenvalue weighted by atomic mass is 10.0. The highest BCUT2D eigenvalue weighted by molar-refractivity contribution is 5.77. The Labute approximate surface area is 117 Å². The highest BCUT2D eigenvalue weighted by Gasteiger charge is 2.65. The van der Waals surface area contributed by atoms with Crippen molar-refractivity contribution in [2.24, 2.45) is 29.6 Å². The molecule has 3 saturated carbocycles. The lowest BCUT2D eigenvalue weighted by Crippen LogP contribution is -2.48. The first-order valence-corrected chi connectivity index (χ1v) is 7.52. The van der Waals surface area contributed by atoms with Crippen LogP contribution in [-0.2, 0) is 9.53 Å². The van der Waals surface area contributed by atoms with Crippen molar-refractivity contribution in [1.29, 1.82) is 0 Å². The van der Waals surface area contributed by atoms with Gasteiger partial charge in [-0.05, 0) is 42.9 Å². The molecule has 1 aliphatic heterocycles. The van der Waals surface area contributed by atoms with Crippen LogP contribution in [0, 0.1) is 29.6 Å². The number of hydrogen-bond donors (Lipinski definition) is 3. The molecule has 3 aliphatic carbocycles. The summed E-state index contributed by atoms with van der Waals surface area (Å²) in [7, 11) is 0. The number of rotatable bonds is 3. The van der Waals surface area contributed by atoms with Gasteiger partial charge in [-0.2, -0.15) is 0 Å². The summed E-state index contributed by atoms with van der Waals surface area (Å²) < 4.78 is 5.15. The zero-order valence-corrected chi connectivity index (χ0v) is 11.2. The van der Waals surface area contributed by atoms with Gasteiger partial charge < -0.3 is 20.5 Å². The minimum atomic E-state index is -0.908. The molecule has 2 bridgehead atoms. The zero-order valence-electron chi connectivity index (χ0n) is 11.2. The summed E-state index contributed by atoms with van der Waals surface area (Å²) in [5, 5.41) is 14.9. The molecule has 6 unspecified atom stereocenters. The number of carboxylic acids is 1. The molecule has 0 aromatic carbocycles. The summed E-state index contributed by atoms with van der Waals surface area (Å²) in [6.45, 7) is 0.465. The van der Waals surface area contributed by atoms with E-state index in [0.29, 0.717) is 17.9 Å². The molecule has 0 spiro atoms. The van der Waals surface area contributed by atoms with E-state index in [0.717, 1.165) is 11.8 Å². The van der Waals surface area contributed by atoms with Crippen molar-refractivity contribution in [3.8, 4) is 0 Å². The molecule has 6 atom stereocenters. The fraction of sp³-hybridized carbons (Fsp3) is 0.857. The van der Waals surface area contributed by atoms with Gasteiger partial charge in [-0.1, -0.05) is 0 Å². The van der Waals surface area contributed by atoms with Gasteiger partial charge in [0.2, 0.25) is 0 Å². The van der Waals surface area contributed by atoms with Gasteiger partial charge in [0, 0.05) is 6.04 Å². The molecule has 0 aromatic rings. The topological polar surface area (TPSA) is 87.7 Å². The summed E-state index contributed by atoms with van der Waals surface area (Å²) >= 11 is 0. The van der Waals surface area contributed by atoms with E-state index >= 15 is 0 Å². The van der Waals surface area contributed by atoms with Crippen molar-refractivity contribution in [3.05, 3.63) is 0 Å². The molecule has 6 heteroatoms. The minimum absolute atomic E-state index is 0.180. The van der Waals surface area contributed by atoms with Crippen molar-refractivity contribution in [3.63, 3.8) is 0 Å². The number of urea groups is 1. The van der Waals surface area contributed by atoms with Gasteiger partial charge in [0.1, 0.15) is 5.92 Å². The van der Waals surface area contributed by atoms with E-state index in [1.807, 2.05) is 0 Å². The third-order valence-electron chi connectivity index (χ3n) is 5.75. The molecule has 1 heterocycles. The second-order valence-electron chi connectivity index (χ2n) is 6.72. The molecular formula is C14H20N2O4. The molecule has 0 radical (unpaired) electrons. The monoisotopic (exact) mass is 280 g/mol. The van der Waals surface area contributed by atoms with E-state index in [1.165, 1.54) is 19.3 Å². The maximum absolute atomic E-state index is 12.0. The van der Waals surface area contributed by atoms with Crippen molar-refractivity contribution >= 4 is 12.0 Å². The summed E-state index contributed by atoms with van der Waals surface area (Å²) in [5.41, 5.74) is 0. The number of fused-ring (bicyclic) bond motifs is 5. The zero-order chi connectivity index (χ0) is 13.9. The number of aliphatic carboxylic acids is 1. The Bertz CT molecular complexity index is 438. The lowest BCUT2D eigenvalue weighted by Gasteiger charge is -2.17. The van der Waals surface area contributed by atoms with Crippen LogP contribution in [0.3, 0.4) is 0 Å². The SMILES string of the molecule is O=C(NC1COCC1C(=O)O)NC1C2C3CCC(C3)C12. The Morgan fingerprint density at radius 3 is 2.40 bits per heavy atom. The molecule has 0 aromatic heterocycles. The normalized spacial score (nSPS) is 47.9. The highest BCUT2D eigenvalue weighted by atomic mass is 16.5. The van der Waals surface area contributed by atoms with Crippen LogP contribution in [0.2, 0.25) is 0 Å². The first kappa shape index (κ1) is 12.4. The summed E-state index contributed by atoms with van der Waals surface area (Å²) in [6.07, 6.45) is 4.00. The third kappa shape index (κ3) is 1.81. The van der Waals surface area contributed by atoms with Gasteiger partial charge in [-0.15, -0.1) is 0 Å². The fourth-order valence-corrected chi connectivity index (χ4v) is 4.82. The van der Waals surface area contributed by atoms with Crippen molar-refractivity contribution < 1.29 is 19.4 Å². The number of hydrogen-bond acceptors (Lipinski definition) is 3. The van der Waals surface area contributed by atoms with Crippen LogP contribution < -0.4 is 10.6 Å². The average Bonchev–Trinajstić information content (AvgIpc) is 2.82.